The molecule has 0 radical (unpaired) electrons. The molecule has 0 bridgehead atoms. The molecule has 2 heterocycles. The topological polar surface area (TPSA) is 111 Å². The molecule has 2 aromatic carbocycles. The number of hydrogen-bond acceptors (Lipinski definition) is 8. The summed E-state index contributed by atoms with van der Waals surface area (Å²) in [4.78, 5) is 37.7. The van der Waals surface area contributed by atoms with Gasteiger partial charge < -0.3 is 25.0 Å². The van der Waals surface area contributed by atoms with Gasteiger partial charge in [0.2, 0.25) is 11.9 Å². The number of carbonyl (C=O) groups is 1. The second-order valence-corrected chi connectivity index (χ2v) is 11.3. The number of fused-ring (bicyclic) bond motifs is 1. The van der Waals surface area contributed by atoms with Gasteiger partial charge in [0, 0.05) is 42.0 Å². The van der Waals surface area contributed by atoms with Gasteiger partial charge in [-0.3, -0.25) is 14.2 Å². The van der Waals surface area contributed by atoms with Crippen LogP contribution in [0.2, 0.25) is 10.0 Å². The molecule has 0 saturated heterocycles. The Morgan fingerprint density at radius 2 is 1.70 bits per heavy atom. The van der Waals surface area contributed by atoms with Crippen molar-refractivity contribution in [2.45, 2.75) is 39.7 Å². The zero-order valence-corrected chi connectivity index (χ0v) is 29.4. The van der Waals surface area contributed by atoms with Crippen LogP contribution in [-0.4, -0.2) is 65.7 Å². The Balaban J connectivity index is 0.00000600. The van der Waals surface area contributed by atoms with E-state index in [9.17, 15) is 9.59 Å². The molecule has 0 saturated carbocycles. The SMILES string of the molecule is C=CC(=O)Nc1ccc(CCn2c(=O)c(-c3c(Cl)c(OC)cc(OC)c3Cl)cc3cnc(NCCCCN(CC)CC)nc32)cc1.Cl. The van der Waals surface area contributed by atoms with Crippen LogP contribution >= 0.6 is 35.6 Å². The van der Waals surface area contributed by atoms with Crippen LogP contribution in [0.3, 0.4) is 0 Å². The second kappa shape index (κ2) is 17.9. The summed E-state index contributed by atoms with van der Waals surface area (Å²) in [6, 6.07) is 10.7. The molecule has 0 atom stereocenters. The number of aryl methyl sites for hydroxylation is 2. The van der Waals surface area contributed by atoms with Crippen LogP contribution in [0.4, 0.5) is 11.6 Å². The quantitative estimate of drug-likeness (QED) is 0.0939. The number of methoxy groups -OCH3 is 2. The Bertz CT molecular complexity index is 1720. The lowest BCUT2D eigenvalue weighted by atomic mass is 10.0. The number of anilines is 2. The zero-order chi connectivity index (χ0) is 33.2. The first-order chi connectivity index (χ1) is 22.2. The zero-order valence-electron chi connectivity index (χ0n) is 27.1. The number of aromatic nitrogens is 3. The minimum Gasteiger partial charge on any atom is -0.495 e. The van der Waals surface area contributed by atoms with Gasteiger partial charge in [-0.2, -0.15) is 4.98 Å². The van der Waals surface area contributed by atoms with E-state index in [0.717, 1.165) is 38.0 Å². The molecule has 0 aliphatic carbocycles. The maximum absolute atomic E-state index is 14.3. The lowest BCUT2D eigenvalue weighted by molar-refractivity contribution is -0.111. The Hall–Kier alpha value is -3.83. The van der Waals surface area contributed by atoms with Crippen molar-refractivity contribution in [3.63, 3.8) is 0 Å². The summed E-state index contributed by atoms with van der Waals surface area (Å²) >= 11 is 13.5. The Morgan fingerprint density at radius 1 is 1.04 bits per heavy atom. The van der Waals surface area contributed by atoms with Crippen LogP contribution in [0.15, 0.2) is 60.0 Å². The fourth-order valence-electron chi connectivity index (χ4n) is 5.14. The highest BCUT2D eigenvalue weighted by Crippen LogP contribution is 2.45. The number of benzene rings is 2. The summed E-state index contributed by atoms with van der Waals surface area (Å²) in [5, 5.41) is 7.08. The van der Waals surface area contributed by atoms with Crippen LogP contribution in [0.1, 0.15) is 32.3 Å². The van der Waals surface area contributed by atoms with Gasteiger partial charge in [-0.1, -0.05) is 55.8 Å². The molecule has 0 aliphatic heterocycles. The Morgan fingerprint density at radius 3 is 2.30 bits per heavy atom. The van der Waals surface area contributed by atoms with Gasteiger partial charge in [-0.05, 0) is 68.7 Å². The van der Waals surface area contributed by atoms with Crippen LogP contribution < -0.4 is 25.7 Å². The van der Waals surface area contributed by atoms with Crippen LogP contribution in [0.25, 0.3) is 22.2 Å². The molecular weight excluding hydrogens is 663 g/mol. The average Bonchev–Trinajstić information content (AvgIpc) is 3.07. The van der Waals surface area contributed by atoms with Crippen LogP contribution in [-0.2, 0) is 17.8 Å². The lowest BCUT2D eigenvalue weighted by Crippen LogP contribution is -2.25. The van der Waals surface area contributed by atoms with E-state index in [4.69, 9.17) is 37.7 Å². The summed E-state index contributed by atoms with van der Waals surface area (Å²) in [5.41, 5.74) is 2.33. The van der Waals surface area contributed by atoms with Gasteiger partial charge in [0.1, 0.15) is 17.1 Å². The first-order valence-electron chi connectivity index (χ1n) is 15.2. The molecule has 2 N–H and O–H groups in total. The molecule has 0 fully saturated rings. The van der Waals surface area contributed by atoms with E-state index in [1.54, 1.807) is 35.0 Å². The highest BCUT2D eigenvalue weighted by atomic mass is 35.5. The maximum Gasteiger partial charge on any atom is 0.260 e. The smallest absolute Gasteiger partial charge is 0.260 e. The van der Waals surface area contributed by atoms with E-state index >= 15 is 0 Å². The standard InChI is InChI=1S/C34H40Cl2N6O4.ClH/c1-6-28(43)39-24-13-11-22(12-14-24)15-18-42-32-23(21-38-34(40-32)37-16-9-10-17-41(7-2)8-3)19-25(33(42)44)29-30(35)26(45-4)20-27(46-5)31(29)36;/h6,11-14,19-21H,1,7-10,15-18H2,2-5H3,(H,39,43)(H,37,38,40);1H. The van der Waals surface area contributed by atoms with Crippen molar-refractivity contribution in [3.8, 4) is 22.6 Å². The van der Waals surface area contributed by atoms with Crippen molar-refractivity contribution in [2.75, 3.05) is 51.0 Å². The van der Waals surface area contributed by atoms with E-state index in [1.165, 1.54) is 20.3 Å². The number of hydrogen-bond donors (Lipinski definition) is 2. The molecule has 47 heavy (non-hydrogen) atoms. The van der Waals surface area contributed by atoms with E-state index < -0.39 is 0 Å². The predicted octanol–water partition coefficient (Wildman–Crippen LogP) is 7.11. The molecule has 4 aromatic rings. The fraction of sp³-hybridized carbons (Fsp3) is 0.353. The monoisotopic (exact) mass is 702 g/mol. The molecule has 0 unspecified atom stereocenters. The third-order valence-electron chi connectivity index (χ3n) is 7.78. The number of halogens is 3. The minimum atomic E-state index is -0.328. The van der Waals surface area contributed by atoms with Gasteiger partial charge >= 0.3 is 0 Å². The average molecular weight is 704 g/mol. The van der Waals surface area contributed by atoms with E-state index in [0.29, 0.717) is 59.2 Å². The number of carbonyl (C=O) groups excluding carboxylic acids is 1. The molecular formula is C34H41Cl3N6O4. The number of amides is 1. The van der Waals surface area contributed by atoms with Crippen LogP contribution in [0, 0.1) is 0 Å². The minimum absolute atomic E-state index is 0. The third kappa shape index (κ3) is 9.16. The second-order valence-electron chi connectivity index (χ2n) is 10.6. The van der Waals surface area contributed by atoms with Gasteiger partial charge in [0.05, 0.1) is 29.8 Å². The molecule has 1 amide bonds. The van der Waals surface area contributed by atoms with Crippen molar-refractivity contribution in [3.05, 3.63) is 81.2 Å². The number of unbranched alkanes of at least 4 members (excludes halogenated alkanes) is 1. The maximum atomic E-state index is 14.3. The summed E-state index contributed by atoms with van der Waals surface area (Å²) in [5.74, 6) is 0.800. The molecule has 4 rings (SSSR count). The highest BCUT2D eigenvalue weighted by Gasteiger charge is 2.23. The molecule has 252 valence electrons. The molecule has 13 heteroatoms. The largest absolute Gasteiger partial charge is 0.495 e. The molecule has 0 aliphatic rings. The van der Waals surface area contributed by atoms with E-state index in [1.807, 2.05) is 12.1 Å². The van der Waals surface area contributed by atoms with Crippen LogP contribution in [0.5, 0.6) is 11.5 Å². The number of nitrogens with one attached hydrogen (secondary N) is 2. The fourth-order valence-corrected chi connectivity index (χ4v) is 5.85. The first-order valence-corrected chi connectivity index (χ1v) is 16.0. The number of rotatable bonds is 16. The summed E-state index contributed by atoms with van der Waals surface area (Å²) in [6.45, 7) is 11.9. The predicted molar refractivity (Wildman–Crippen MR) is 194 cm³/mol. The van der Waals surface area contributed by atoms with Gasteiger partial charge in [-0.25, -0.2) is 4.98 Å². The van der Waals surface area contributed by atoms with Gasteiger partial charge in [0.25, 0.3) is 5.56 Å². The normalized spacial score (nSPS) is 10.9. The Kier molecular flexibility index (Phi) is 14.3. The highest BCUT2D eigenvalue weighted by molar-refractivity contribution is 6.41. The number of nitrogens with zero attached hydrogens (tertiary/aromatic N) is 4. The van der Waals surface area contributed by atoms with E-state index in [2.05, 4.69) is 40.9 Å². The van der Waals surface area contributed by atoms with E-state index in [-0.39, 0.29) is 39.5 Å². The van der Waals surface area contributed by atoms with Gasteiger partial charge in [0.15, 0.2) is 0 Å². The van der Waals surface area contributed by atoms with Crippen molar-refractivity contribution in [2.24, 2.45) is 0 Å². The van der Waals surface area contributed by atoms with Gasteiger partial charge in [-0.15, -0.1) is 12.4 Å². The molecule has 10 nitrogen and oxygen atoms in total. The van der Waals surface area contributed by atoms with Crippen molar-refractivity contribution < 1.29 is 14.3 Å². The summed E-state index contributed by atoms with van der Waals surface area (Å²) in [7, 11) is 2.97. The Labute approximate surface area is 291 Å². The van der Waals surface area contributed by atoms with Crippen molar-refractivity contribution >= 4 is 64.2 Å². The number of pyridine rings is 1. The third-order valence-corrected chi connectivity index (χ3v) is 8.53. The summed E-state index contributed by atoms with van der Waals surface area (Å²) < 4.78 is 12.5. The van der Waals surface area contributed by atoms with Crippen molar-refractivity contribution in [1.82, 2.24) is 19.4 Å². The lowest BCUT2D eigenvalue weighted by Gasteiger charge is -2.18. The molecule has 0 spiro atoms. The first kappa shape index (κ1) is 37.6. The summed E-state index contributed by atoms with van der Waals surface area (Å²) in [6.07, 6.45) is 5.43. The van der Waals surface area contributed by atoms with Crippen molar-refractivity contribution in [1.29, 1.82) is 0 Å². The molecule has 2 aromatic heterocycles. The number of ether oxygens (including phenoxy) is 2.